The molecular formula is C15H16N2O. The van der Waals surface area contributed by atoms with Crippen LogP contribution in [0.2, 0.25) is 0 Å². The van der Waals surface area contributed by atoms with Crippen molar-refractivity contribution in [2.75, 3.05) is 4.90 Å². The summed E-state index contributed by atoms with van der Waals surface area (Å²) in [7, 11) is 0. The maximum atomic E-state index is 11.9. The Hall–Kier alpha value is -2.16. The third kappa shape index (κ3) is 2.25. The summed E-state index contributed by atoms with van der Waals surface area (Å²) in [6, 6.07) is 11.6. The number of hydrogen-bond acceptors (Lipinski definition) is 2. The number of para-hydroxylation sites is 1. The number of benzene rings is 1. The number of anilines is 2. The number of rotatable bonds is 2. The van der Waals surface area contributed by atoms with E-state index in [0.717, 1.165) is 16.8 Å². The highest BCUT2D eigenvalue weighted by Gasteiger charge is 2.18. The Bertz CT molecular complexity index is 533. The van der Waals surface area contributed by atoms with Crippen LogP contribution >= 0.6 is 0 Å². The van der Waals surface area contributed by atoms with E-state index in [-0.39, 0.29) is 5.91 Å². The molecule has 1 heterocycles. The molecule has 0 aliphatic carbocycles. The molecule has 2 aromatic rings. The van der Waals surface area contributed by atoms with Crippen LogP contribution < -0.4 is 4.90 Å². The fourth-order valence-electron chi connectivity index (χ4n) is 1.96. The van der Waals surface area contributed by atoms with E-state index in [9.17, 15) is 4.79 Å². The van der Waals surface area contributed by atoms with Gasteiger partial charge in [-0.1, -0.05) is 24.3 Å². The molecule has 1 amide bonds. The molecule has 0 aliphatic heterocycles. The van der Waals surface area contributed by atoms with Crippen molar-refractivity contribution in [2.45, 2.75) is 20.8 Å². The van der Waals surface area contributed by atoms with Crippen LogP contribution in [0.25, 0.3) is 0 Å². The first-order chi connectivity index (χ1) is 8.61. The van der Waals surface area contributed by atoms with Crippen molar-refractivity contribution >= 4 is 17.4 Å². The van der Waals surface area contributed by atoms with Gasteiger partial charge in [-0.2, -0.15) is 0 Å². The predicted molar refractivity (Wildman–Crippen MR) is 73.0 cm³/mol. The number of pyridine rings is 1. The van der Waals surface area contributed by atoms with E-state index in [4.69, 9.17) is 0 Å². The van der Waals surface area contributed by atoms with Crippen LogP contribution in [0.5, 0.6) is 0 Å². The van der Waals surface area contributed by atoms with Gasteiger partial charge in [0.2, 0.25) is 5.91 Å². The van der Waals surface area contributed by atoms with Gasteiger partial charge in [-0.15, -0.1) is 0 Å². The van der Waals surface area contributed by atoms with Crippen molar-refractivity contribution in [2.24, 2.45) is 0 Å². The molecule has 2 rings (SSSR count). The lowest BCUT2D eigenvalue weighted by Gasteiger charge is -2.23. The standard InChI is InChI=1S/C15H16N2O/c1-11-7-4-5-9-14(11)17(13(3)18)15-12(2)8-6-10-16-15/h4-10H,1-3H3. The molecular weight excluding hydrogens is 224 g/mol. The van der Waals surface area contributed by atoms with Crippen molar-refractivity contribution in [3.8, 4) is 0 Å². The highest BCUT2D eigenvalue weighted by molar-refractivity contribution is 5.99. The molecule has 0 radical (unpaired) electrons. The first-order valence-corrected chi connectivity index (χ1v) is 5.89. The van der Waals surface area contributed by atoms with Gasteiger partial charge in [0, 0.05) is 13.1 Å². The van der Waals surface area contributed by atoms with Gasteiger partial charge in [0.25, 0.3) is 0 Å². The number of hydrogen-bond donors (Lipinski definition) is 0. The maximum Gasteiger partial charge on any atom is 0.229 e. The first-order valence-electron chi connectivity index (χ1n) is 5.89. The van der Waals surface area contributed by atoms with Gasteiger partial charge in [-0.3, -0.25) is 9.69 Å². The number of aromatic nitrogens is 1. The minimum atomic E-state index is -0.0360. The Morgan fingerprint density at radius 2 is 1.72 bits per heavy atom. The van der Waals surface area contributed by atoms with Crippen LogP contribution in [0.3, 0.4) is 0 Å². The summed E-state index contributed by atoms with van der Waals surface area (Å²) in [4.78, 5) is 17.9. The van der Waals surface area contributed by atoms with Crippen LogP contribution in [0.15, 0.2) is 42.6 Å². The van der Waals surface area contributed by atoms with E-state index >= 15 is 0 Å². The second-order valence-corrected chi connectivity index (χ2v) is 4.28. The highest BCUT2D eigenvalue weighted by atomic mass is 16.2. The lowest BCUT2D eigenvalue weighted by Crippen LogP contribution is -2.25. The van der Waals surface area contributed by atoms with Crippen molar-refractivity contribution in [3.05, 3.63) is 53.7 Å². The van der Waals surface area contributed by atoms with E-state index in [1.165, 1.54) is 0 Å². The minimum absolute atomic E-state index is 0.0360. The predicted octanol–water partition coefficient (Wildman–Crippen LogP) is 3.38. The van der Waals surface area contributed by atoms with Crippen LogP contribution in [-0.4, -0.2) is 10.9 Å². The van der Waals surface area contributed by atoms with E-state index in [2.05, 4.69) is 4.98 Å². The van der Waals surface area contributed by atoms with Gasteiger partial charge < -0.3 is 0 Å². The van der Waals surface area contributed by atoms with E-state index in [1.54, 1.807) is 18.0 Å². The number of carbonyl (C=O) groups excluding carboxylic acids is 1. The molecule has 92 valence electrons. The summed E-state index contributed by atoms with van der Waals surface area (Å²) < 4.78 is 0. The Labute approximate surface area is 107 Å². The van der Waals surface area contributed by atoms with Crippen molar-refractivity contribution in [3.63, 3.8) is 0 Å². The first kappa shape index (κ1) is 12.3. The van der Waals surface area contributed by atoms with Gasteiger partial charge in [-0.05, 0) is 37.1 Å². The van der Waals surface area contributed by atoms with Crippen molar-refractivity contribution in [1.29, 1.82) is 0 Å². The van der Waals surface area contributed by atoms with E-state index in [1.807, 2.05) is 50.2 Å². The van der Waals surface area contributed by atoms with Gasteiger partial charge in [0.1, 0.15) is 5.82 Å². The molecule has 0 unspecified atom stereocenters. The van der Waals surface area contributed by atoms with Crippen LogP contribution in [0.4, 0.5) is 11.5 Å². The zero-order chi connectivity index (χ0) is 13.1. The fraction of sp³-hybridized carbons (Fsp3) is 0.200. The molecule has 3 heteroatoms. The second-order valence-electron chi connectivity index (χ2n) is 4.28. The normalized spacial score (nSPS) is 10.2. The monoisotopic (exact) mass is 240 g/mol. The van der Waals surface area contributed by atoms with E-state index < -0.39 is 0 Å². The summed E-state index contributed by atoms with van der Waals surface area (Å²) in [5, 5.41) is 0. The Kier molecular flexibility index (Phi) is 3.42. The van der Waals surface area contributed by atoms with E-state index in [0.29, 0.717) is 5.82 Å². The molecule has 0 atom stereocenters. The third-order valence-corrected chi connectivity index (χ3v) is 2.86. The molecule has 1 aromatic heterocycles. The van der Waals surface area contributed by atoms with Crippen molar-refractivity contribution in [1.82, 2.24) is 4.98 Å². The van der Waals surface area contributed by atoms with Gasteiger partial charge >= 0.3 is 0 Å². The summed E-state index contributed by atoms with van der Waals surface area (Å²) >= 11 is 0. The van der Waals surface area contributed by atoms with Gasteiger partial charge in [0.05, 0.1) is 5.69 Å². The van der Waals surface area contributed by atoms with Crippen molar-refractivity contribution < 1.29 is 4.79 Å². The van der Waals surface area contributed by atoms with Gasteiger partial charge in [-0.25, -0.2) is 4.98 Å². The summed E-state index contributed by atoms with van der Waals surface area (Å²) in [5.74, 6) is 0.658. The smallest absolute Gasteiger partial charge is 0.229 e. The SMILES string of the molecule is CC(=O)N(c1ccccc1C)c1ncccc1C. The highest BCUT2D eigenvalue weighted by Crippen LogP contribution is 2.28. The summed E-state index contributed by atoms with van der Waals surface area (Å²) in [6.07, 6.45) is 1.70. The lowest BCUT2D eigenvalue weighted by atomic mass is 10.1. The lowest BCUT2D eigenvalue weighted by molar-refractivity contribution is -0.115. The zero-order valence-corrected chi connectivity index (χ0v) is 10.8. The number of carbonyl (C=O) groups is 1. The zero-order valence-electron chi connectivity index (χ0n) is 10.8. The molecule has 3 nitrogen and oxygen atoms in total. The molecule has 0 aliphatic rings. The fourth-order valence-corrected chi connectivity index (χ4v) is 1.96. The molecule has 18 heavy (non-hydrogen) atoms. The maximum absolute atomic E-state index is 11.9. The van der Waals surface area contributed by atoms with Gasteiger partial charge in [0.15, 0.2) is 0 Å². The quantitative estimate of drug-likeness (QED) is 0.806. The molecule has 0 bridgehead atoms. The molecule has 0 fully saturated rings. The summed E-state index contributed by atoms with van der Waals surface area (Å²) in [5.41, 5.74) is 2.92. The second kappa shape index (κ2) is 5.00. The topological polar surface area (TPSA) is 33.2 Å². The largest absolute Gasteiger partial charge is 0.274 e. The van der Waals surface area contributed by atoms with Crippen LogP contribution in [-0.2, 0) is 4.79 Å². The number of amides is 1. The van der Waals surface area contributed by atoms with Crippen LogP contribution in [0, 0.1) is 13.8 Å². The minimum Gasteiger partial charge on any atom is -0.274 e. The number of nitrogens with zero attached hydrogens (tertiary/aromatic N) is 2. The molecule has 0 saturated heterocycles. The molecule has 0 N–H and O–H groups in total. The Morgan fingerprint density at radius 3 is 2.33 bits per heavy atom. The molecule has 0 saturated carbocycles. The molecule has 0 spiro atoms. The average Bonchev–Trinajstić information content (AvgIpc) is 2.34. The van der Waals surface area contributed by atoms with Crippen LogP contribution in [0.1, 0.15) is 18.1 Å². The summed E-state index contributed by atoms with van der Waals surface area (Å²) in [6.45, 7) is 5.50. The molecule has 1 aromatic carbocycles. The Morgan fingerprint density at radius 1 is 1.06 bits per heavy atom. The Balaban J connectivity index is 2.58. The number of aryl methyl sites for hydroxylation is 2. The average molecular weight is 240 g/mol. The third-order valence-electron chi connectivity index (χ3n) is 2.86.